The molecule has 2 rings (SSSR count). The Balaban J connectivity index is 0.00000144. The second-order valence-corrected chi connectivity index (χ2v) is 4.12. The Morgan fingerprint density at radius 2 is 2.12 bits per heavy atom. The van der Waals surface area contributed by atoms with Crippen molar-refractivity contribution in [3.05, 3.63) is 24.3 Å². The van der Waals surface area contributed by atoms with Gasteiger partial charge in [-0.2, -0.15) is 0 Å². The number of anilines is 1. The molecule has 0 radical (unpaired) electrons. The fraction of sp³-hybridized carbons (Fsp3) is 0.417. The summed E-state index contributed by atoms with van der Waals surface area (Å²) in [5.74, 6) is 1.89. The zero-order valence-corrected chi connectivity index (χ0v) is 12.3. The van der Waals surface area contributed by atoms with Crippen molar-refractivity contribution < 1.29 is 4.74 Å². The highest BCUT2D eigenvalue weighted by Crippen LogP contribution is 2.32. The van der Waals surface area contributed by atoms with E-state index >= 15 is 0 Å². The highest BCUT2D eigenvalue weighted by Gasteiger charge is 2.32. The maximum absolute atomic E-state index is 5.82. The lowest BCUT2D eigenvalue weighted by Gasteiger charge is -2.09. The Bertz CT molecular complexity index is 408. The third kappa shape index (κ3) is 3.76. The zero-order chi connectivity index (χ0) is 11.5. The fourth-order valence-corrected chi connectivity index (χ4v) is 1.58. The molecule has 1 aliphatic carbocycles. The molecule has 17 heavy (non-hydrogen) atoms. The molecule has 1 aromatic carbocycles. The molecular formula is C12H18IN3O. The Hall–Kier alpha value is -0.980. The van der Waals surface area contributed by atoms with Crippen molar-refractivity contribution in [2.45, 2.75) is 19.4 Å². The molecule has 0 saturated heterocycles. The first-order valence-electron chi connectivity index (χ1n) is 5.44. The molecule has 0 aromatic heterocycles. The minimum atomic E-state index is 0. The summed E-state index contributed by atoms with van der Waals surface area (Å²) in [5, 5.41) is 3.06. The number of aliphatic imine (C=N–C) groups is 1. The van der Waals surface area contributed by atoms with E-state index in [1.54, 1.807) is 7.11 Å². The van der Waals surface area contributed by atoms with Crippen molar-refractivity contribution in [2.24, 2.45) is 16.6 Å². The molecule has 3 N–H and O–H groups in total. The molecule has 0 spiro atoms. The van der Waals surface area contributed by atoms with Crippen molar-refractivity contribution in [3.63, 3.8) is 0 Å². The van der Waals surface area contributed by atoms with Gasteiger partial charge in [0.05, 0.1) is 18.8 Å². The molecule has 5 heteroatoms. The lowest BCUT2D eigenvalue weighted by Crippen LogP contribution is -2.23. The summed E-state index contributed by atoms with van der Waals surface area (Å²) in [4.78, 5) is 4.37. The zero-order valence-electron chi connectivity index (χ0n) is 10.0. The molecule has 2 unspecified atom stereocenters. The number of nitrogens with one attached hydrogen (secondary N) is 1. The molecule has 94 valence electrons. The number of methoxy groups -OCH3 is 1. The minimum Gasteiger partial charge on any atom is -0.495 e. The van der Waals surface area contributed by atoms with Crippen molar-refractivity contribution in [1.82, 2.24) is 0 Å². The van der Waals surface area contributed by atoms with Crippen molar-refractivity contribution in [1.29, 1.82) is 0 Å². The molecule has 0 aliphatic heterocycles. The first-order chi connectivity index (χ1) is 7.70. The smallest absolute Gasteiger partial charge is 0.193 e. The maximum atomic E-state index is 5.82. The topological polar surface area (TPSA) is 59.6 Å². The number of hydrogen-bond donors (Lipinski definition) is 2. The Morgan fingerprint density at radius 1 is 1.47 bits per heavy atom. The lowest BCUT2D eigenvalue weighted by molar-refractivity contribution is 0.417. The van der Waals surface area contributed by atoms with Crippen LogP contribution in [-0.2, 0) is 0 Å². The second-order valence-electron chi connectivity index (χ2n) is 4.12. The molecule has 0 heterocycles. The quantitative estimate of drug-likeness (QED) is 0.502. The van der Waals surface area contributed by atoms with E-state index in [-0.39, 0.29) is 24.0 Å². The van der Waals surface area contributed by atoms with Crippen LogP contribution in [0.1, 0.15) is 13.3 Å². The van der Waals surface area contributed by atoms with Crippen LogP contribution in [0, 0.1) is 5.92 Å². The third-order valence-corrected chi connectivity index (χ3v) is 2.74. The summed E-state index contributed by atoms with van der Waals surface area (Å²) in [6.45, 7) is 2.17. The number of ether oxygens (including phenoxy) is 1. The fourth-order valence-electron chi connectivity index (χ4n) is 1.58. The Morgan fingerprint density at radius 3 is 2.71 bits per heavy atom. The van der Waals surface area contributed by atoms with E-state index in [1.807, 2.05) is 24.3 Å². The Labute approximate surface area is 119 Å². The molecule has 1 fully saturated rings. The van der Waals surface area contributed by atoms with E-state index in [4.69, 9.17) is 10.5 Å². The number of para-hydroxylation sites is 2. The van der Waals surface area contributed by atoms with E-state index in [2.05, 4.69) is 17.2 Å². The lowest BCUT2D eigenvalue weighted by atomic mass is 10.3. The van der Waals surface area contributed by atoms with E-state index < -0.39 is 0 Å². The van der Waals surface area contributed by atoms with Gasteiger partial charge in [-0.05, 0) is 24.5 Å². The molecule has 0 amide bonds. The maximum Gasteiger partial charge on any atom is 0.193 e. The average Bonchev–Trinajstić information content (AvgIpc) is 2.94. The van der Waals surface area contributed by atoms with Gasteiger partial charge in [0, 0.05) is 0 Å². The summed E-state index contributed by atoms with van der Waals surface area (Å²) < 4.78 is 5.21. The van der Waals surface area contributed by atoms with Crippen LogP contribution in [0.25, 0.3) is 0 Å². The van der Waals surface area contributed by atoms with Crippen LogP contribution >= 0.6 is 24.0 Å². The predicted octanol–water partition coefficient (Wildman–Crippen LogP) is 2.45. The van der Waals surface area contributed by atoms with Gasteiger partial charge < -0.3 is 15.8 Å². The Kier molecular flexibility index (Phi) is 5.04. The van der Waals surface area contributed by atoms with Crippen molar-refractivity contribution in [3.8, 4) is 5.75 Å². The van der Waals surface area contributed by atoms with Crippen LogP contribution < -0.4 is 15.8 Å². The van der Waals surface area contributed by atoms with E-state index in [9.17, 15) is 0 Å². The van der Waals surface area contributed by atoms with Crippen LogP contribution in [0.3, 0.4) is 0 Å². The van der Waals surface area contributed by atoms with Crippen LogP contribution in [0.2, 0.25) is 0 Å². The van der Waals surface area contributed by atoms with Gasteiger partial charge in [-0.1, -0.05) is 19.1 Å². The summed E-state index contributed by atoms with van der Waals surface area (Å²) in [6, 6.07) is 8.03. The summed E-state index contributed by atoms with van der Waals surface area (Å²) in [7, 11) is 1.64. The normalized spacial score (nSPS) is 22.6. The number of benzene rings is 1. The first kappa shape index (κ1) is 14.1. The number of nitrogens with two attached hydrogens (primary N) is 1. The van der Waals surface area contributed by atoms with E-state index in [0.29, 0.717) is 17.9 Å². The van der Waals surface area contributed by atoms with Gasteiger partial charge >= 0.3 is 0 Å². The van der Waals surface area contributed by atoms with Crippen LogP contribution in [0.15, 0.2) is 29.3 Å². The summed E-state index contributed by atoms with van der Waals surface area (Å²) in [5.41, 5.74) is 6.66. The molecule has 1 saturated carbocycles. The van der Waals surface area contributed by atoms with E-state index in [0.717, 1.165) is 17.9 Å². The number of hydrogen-bond acceptors (Lipinski definition) is 2. The largest absolute Gasteiger partial charge is 0.495 e. The van der Waals surface area contributed by atoms with Gasteiger partial charge in [-0.25, -0.2) is 4.99 Å². The number of guanidine groups is 1. The number of rotatable bonds is 3. The molecule has 4 nitrogen and oxygen atoms in total. The van der Waals surface area contributed by atoms with E-state index in [1.165, 1.54) is 0 Å². The molecular weight excluding hydrogens is 329 g/mol. The van der Waals surface area contributed by atoms with Gasteiger partial charge in [-0.15, -0.1) is 24.0 Å². The van der Waals surface area contributed by atoms with Crippen molar-refractivity contribution >= 4 is 35.6 Å². The molecule has 1 aromatic rings. The minimum absolute atomic E-state index is 0. The highest BCUT2D eigenvalue weighted by molar-refractivity contribution is 14.0. The molecule has 1 aliphatic rings. The van der Waals surface area contributed by atoms with Gasteiger partial charge in [0.2, 0.25) is 0 Å². The highest BCUT2D eigenvalue weighted by atomic mass is 127. The van der Waals surface area contributed by atoms with Crippen LogP contribution in [-0.4, -0.2) is 19.1 Å². The van der Waals surface area contributed by atoms with Crippen molar-refractivity contribution in [2.75, 3.05) is 12.4 Å². The van der Waals surface area contributed by atoms with Crippen LogP contribution in [0.5, 0.6) is 5.75 Å². The SMILES string of the molecule is COc1ccccc1NC(N)=NC1CC1C.I. The average molecular weight is 347 g/mol. The van der Waals surface area contributed by atoms with Gasteiger partial charge in [-0.3, -0.25) is 0 Å². The number of halogens is 1. The summed E-state index contributed by atoms with van der Waals surface area (Å²) >= 11 is 0. The second kappa shape index (κ2) is 6.09. The standard InChI is InChI=1S/C12H17N3O.HI/c1-8-7-10(8)15-12(13)14-9-5-3-4-6-11(9)16-2;/h3-6,8,10H,7H2,1-2H3,(H3,13,14,15);1H. The van der Waals surface area contributed by atoms with Gasteiger partial charge in [0.15, 0.2) is 5.96 Å². The monoisotopic (exact) mass is 347 g/mol. The van der Waals surface area contributed by atoms with Gasteiger partial charge in [0.25, 0.3) is 0 Å². The third-order valence-electron chi connectivity index (χ3n) is 2.74. The summed E-state index contributed by atoms with van der Waals surface area (Å²) in [6.07, 6.45) is 1.13. The first-order valence-corrected chi connectivity index (χ1v) is 5.44. The molecule has 0 bridgehead atoms. The van der Waals surface area contributed by atoms with Crippen LogP contribution in [0.4, 0.5) is 5.69 Å². The number of nitrogens with zero attached hydrogens (tertiary/aromatic N) is 1. The molecule has 2 atom stereocenters. The van der Waals surface area contributed by atoms with Gasteiger partial charge in [0.1, 0.15) is 5.75 Å². The predicted molar refractivity (Wildman–Crippen MR) is 81.2 cm³/mol.